The van der Waals surface area contributed by atoms with Gasteiger partial charge in [-0.2, -0.15) is 0 Å². The van der Waals surface area contributed by atoms with Crippen LogP contribution in [0.2, 0.25) is 0 Å². The molecule has 1 aliphatic heterocycles. The van der Waals surface area contributed by atoms with Crippen LogP contribution in [0, 0.1) is 0 Å². The summed E-state index contributed by atoms with van der Waals surface area (Å²) in [7, 11) is 0. The highest BCUT2D eigenvalue weighted by molar-refractivity contribution is 5.87. The molecule has 6 nitrogen and oxygen atoms in total. The van der Waals surface area contributed by atoms with Gasteiger partial charge in [-0.05, 0) is 27.7 Å². The zero-order chi connectivity index (χ0) is 14.6. The summed E-state index contributed by atoms with van der Waals surface area (Å²) in [5, 5.41) is 0. The van der Waals surface area contributed by atoms with E-state index in [4.69, 9.17) is 9.47 Å². The van der Waals surface area contributed by atoms with Gasteiger partial charge in [0.05, 0.1) is 6.61 Å². The minimum absolute atomic E-state index is 0.154. The molecule has 0 radical (unpaired) electrons. The molecule has 6 heteroatoms. The number of hydrogen-bond donors (Lipinski definition) is 0. The van der Waals surface area contributed by atoms with Crippen molar-refractivity contribution in [3.05, 3.63) is 11.8 Å². The molecular weight excluding hydrogens is 250 g/mol. The van der Waals surface area contributed by atoms with Crippen LogP contribution in [0.15, 0.2) is 11.8 Å². The number of amides is 1. The monoisotopic (exact) mass is 269 g/mol. The normalized spacial score (nSPS) is 18.8. The van der Waals surface area contributed by atoms with Gasteiger partial charge in [0.25, 0.3) is 0 Å². The van der Waals surface area contributed by atoms with Gasteiger partial charge in [-0.1, -0.05) is 0 Å². The molecule has 0 saturated carbocycles. The minimum Gasteiger partial charge on any atom is -0.464 e. The van der Waals surface area contributed by atoms with Crippen LogP contribution in [-0.2, 0) is 19.1 Å². The van der Waals surface area contributed by atoms with Gasteiger partial charge in [-0.15, -0.1) is 0 Å². The lowest BCUT2D eigenvalue weighted by atomic mass is 10.1. The van der Waals surface area contributed by atoms with Crippen molar-refractivity contribution in [1.29, 1.82) is 0 Å². The molecule has 0 aromatic rings. The average Bonchev–Trinajstić information content (AvgIpc) is 2.71. The third-order valence-corrected chi connectivity index (χ3v) is 2.38. The summed E-state index contributed by atoms with van der Waals surface area (Å²) in [6.45, 7) is 7.08. The van der Waals surface area contributed by atoms with Crippen LogP contribution >= 0.6 is 0 Å². The highest BCUT2D eigenvalue weighted by Gasteiger charge is 2.37. The fourth-order valence-electron chi connectivity index (χ4n) is 1.65. The number of esters is 1. The summed E-state index contributed by atoms with van der Waals surface area (Å²) >= 11 is 0. The summed E-state index contributed by atoms with van der Waals surface area (Å²) in [6.07, 6.45) is 1.45. The summed E-state index contributed by atoms with van der Waals surface area (Å²) in [5.74, 6) is -0.540. The molecule has 0 aromatic heterocycles. The molecule has 0 bridgehead atoms. The lowest BCUT2D eigenvalue weighted by molar-refractivity contribution is -0.147. The molecule has 1 aliphatic rings. The van der Waals surface area contributed by atoms with Gasteiger partial charge >= 0.3 is 12.1 Å². The maximum atomic E-state index is 12.0. The Kier molecular flexibility index (Phi) is 4.69. The second kappa shape index (κ2) is 5.86. The Bertz CT molecular complexity index is 408. The average molecular weight is 269 g/mol. The number of carbonyl (C=O) groups is 3. The van der Waals surface area contributed by atoms with E-state index in [1.807, 2.05) is 0 Å². The van der Waals surface area contributed by atoms with Crippen molar-refractivity contribution in [3.8, 4) is 0 Å². The highest BCUT2D eigenvalue weighted by Crippen LogP contribution is 2.24. The summed E-state index contributed by atoms with van der Waals surface area (Å²) in [6, 6.07) is -0.824. The van der Waals surface area contributed by atoms with Crippen molar-refractivity contribution in [2.45, 2.75) is 45.8 Å². The first kappa shape index (κ1) is 15.2. The van der Waals surface area contributed by atoms with E-state index in [2.05, 4.69) is 0 Å². The molecule has 106 valence electrons. The van der Waals surface area contributed by atoms with Gasteiger partial charge in [-0.25, -0.2) is 9.59 Å². The van der Waals surface area contributed by atoms with Gasteiger partial charge in [0.1, 0.15) is 17.9 Å². The first-order valence-corrected chi connectivity index (χ1v) is 6.12. The van der Waals surface area contributed by atoms with Crippen molar-refractivity contribution < 1.29 is 23.9 Å². The van der Waals surface area contributed by atoms with Crippen LogP contribution in [0.4, 0.5) is 4.79 Å². The Labute approximate surface area is 112 Å². The Morgan fingerprint density at radius 3 is 2.58 bits per heavy atom. The third-order valence-electron chi connectivity index (χ3n) is 2.38. The molecule has 0 fully saturated rings. The maximum Gasteiger partial charge on any atom is 0.415 e. The molecular formula is C13H19NO5. The van der Waals surface area contributed by atoms with Gasteiger partial charge < -0.3 is 9.47 Å². The van der Waals surface area contributed by atoms with Crippen LogP contribution in [0.25, 0.3) is 0 Å². The molecule has 0 spiro atoms. The van der Waals surface area contributed by atoms with Crippen LogP contribution in [0.5, 0.6) is 0 Å². The van der Waals surface area contributed by atoms with E-state index in [-0.39, 0.29) is 13.0 Å². The molecule has 1 amide bonds. The zero-order valence-corrected chi connectivity index (χ0v) is 11.6. The fraction of sp³-hybridized carbons (Fsp3) is 0.615. The lowest BCUT2D eigenvalue weighted by Crippen LogP contribution is -2.42. The van der Waals surface area contributed by atoms with E-state index in [0.29, 0.717) is 11.9 Å². The number of ether oxygens (including phenoxy) is 2. The van der Waals surface area contributed by atoms with Crippen LogP contribution in [-0.4, -0.2) is 41.5 Å². The molecule has 1 atom stereocenters. The van der Waals surface area contributed by atoms with Crippen LogP contribution < -0.4 is 0 Å². The van der Waals surface area contributed by atoms with Gasteiger partial charge in [0.2, 0.25) is 0 Å². The van der Waals surface area contributed by atoms with Gasteiger partial charge in [0, 0.05) is 18.2 Å². The predicted octanol–water partition coefficient (Wildman–Crippen LogP) is 1.64. The fourth-order valence-corrected chi connectivity index (χ4v) is 1.65. The summed E-state index contributed by atoms with van der Waals surface area (Å²) in [5.41, 5.74) is -0.308. The maximum absolute atomic E-state index is 12.0. The standard InChI is InChI=1S/C13H19NO5/c1-5-18-11(16)10-6-9(8-15)7-14(10)12(17)19-13(2,3)4/h7-8,10H,5-6H2,1-4H3/t10-/m0/s1. The molecule has 0 saturated heterocycles. The second-order valence-electron chi connectivity index (χ2n) is 5.18. The SMILES string of the molecule is CCOC(=O)[C@@H]1CC(C=O)=CN1C(=O)OC(C)(C)C. The molecule has 0 N–H and O–H groups in total. The second-order valence-corrected chi connectivity index (χ2v) is 5.18. The summed E-state index contributed by atoms with van der Waals surface area (Å²) in [4.78, 5) is 35.6. The van der Waals surface area contributed by atoms with Crippen molar-refractivity contribution in [2.24, 2.45) is 0 Å². The van der Waals surface area contributed by atoms with Crippen molar-refractivity contribution in [2.75, 3.05) is 6.61 Å². The lowest BCUT2D eigenvalue weighted by Gasteiger charge is -2.26. The first-order chi connectivity index (χ1) is 8.78. The van der Waals surface area contributed by atoms with Crippen molar-refractivity contribution >= 4 is 18.3 Å². The Hall–Kier alpha value is -1.85. The van der Waals surface area contributed by atoms with Gasteiger partial charge in [-0.3, -0.25) is 9.69 Å². The van der Waals surface area contributed by atoms with Crippen molar-refractivity contribution in [1.82, 2.24) is 4.90 Å². The molecule has 1 rings (SSSR count). The molecule has 0 unspecified atom stereocenters. The first-order valence-electron chi connectivity index (χ1n) is 6.12. The van der Waals surface area contributed by atoms with E-state index in [9.17, 15) is 14.4 Å². The Balaban J connectivity index is 2.86. The van der Waals surface area contributed by atoms with Crippen molar-refractivity contribution in [3.63, 3.8) is 0 Å². The van der Waals surface area contributed by atoms with E-state index in [1.54, 1.807) is 27.7 Å². The number of nitrogens with zero attached hydrogens (tertiary/aromatic N) is 1. The van der Waals surface area contributed by atoms with E-state index >= 15 is 0 Å². The van der Waals surface area contributed by atoms with Gasteiger partial charge in [0.15, 0.2) is 0 Å². The number of rotatable bonds is 3. The molecule has 19 heavy (non-hydrogen) atoms. The number of carbonyl (C=O) groups excluding carboxylic acids is 3. The Morgan fingerprint density at radius 1 is 1.47 bits per heavy atom. The quantitative estimate of drug-likeness (QED) is 0.575. The largest absolute Gasteiger partial charge is 0.464 e. The molecule has 0 aromatic carbocycles. The number of aldehydes is 1. The summed E-state index contributed by atoms with van der Waals surface area (Å²) < 4.78 is 10.1. The predicted molar refractivity (Wildman–Crippen MR) is 67.3 cm³/mol. The topological polar surface area (TPSA) is 72.9 Å². The smallest absolute Gasteiger partial charge is 0.415 e. The van der Waals surface area contributed by atoms with Crippen LogP contribution in [0.1, 0.15) is 34.1 Å². The Morgan fingerprint density at radius 2 is 2.11 bits per heavy atom. The highest BCUT2D eigenvalue weighted by atomic mass is 16.6. The van der Waals surface area contributed by atoms with E-state index in [0.717, 1.165) is 4.90 Å². The molecule has 0 aliphatic carbocycles. The van der Waals surface area contributed by atoms with E-state index < -0.39 is 23.7 Å². The number of hydrogen-bond acceptors (Lipinski definition) is 5. The van der Waals surface area contributed by atoms with Crippen LogP contribution in [0.3, 0.4) is 0 Å². The minimum atomic E-state index is -0.824. The van der Waals surface area contributed by atoms with E-state index in [1.165, 1.54) is 6.20 Å². The zero-order valence-electron chi connectivity index (χ0n) is 11.6. The molecule has 1 heterocycles. The third kappa shape index (κ3) is 4.08.